The van der Waals surface area contributed by atoms with Crippen LogP contribution >= 0.6 is 0 Å². The van der Waals surface area contributed by atoms with Gasteiger partial charge in [-0.1, -0.05) is 62.4 Å². The predicted octanol–water partition coefficient (Wildman–Crippen LogP) is 6.14. The van der Waals surface area contributed by atoms with Gasteiger partial charge in [0.25, 0.3) is 0 Å². The van der Waals surface area contributed by atoms with Crippen LogP contribution in [0.15, 0.2) is 60.9 Å². The van der Waals surface area contributed by atoms with Crippen molar-refractivity contribution < 1.29 is 13.2 Å². The molecule has 5 rings (SSSR count). The van der Waals surface area contributed by atoms with E-state index in [-0.39, 0.29) is 5.82 Å². The van der Waals surface area contributed by atoms with Crippen LogP contribution < -0.4 is 9.80 Å². The summed E-state index contributed by atoms with van der Waals surface area (Å²) in [5.74, 6) is 2.21. The van der Waals surface area contributed by atoms with Crippen LogP contribution in [0.4, 0.5) is 24.7 Å². The molecule has 4 aromatic rings. The van der Waals surface area contributed by atoms with Crippen LogP contribution in [0, 0.1) is 0 Å². The van der Waals surface area contributed by atoms with Gasteiger partial charge < -0.3 is 14.4 Å². The first kappa shape index (κ1) is 24.8. The summed E-state index contributed by atoms with van der Waals surface area (Å²) < 4.78 is 40.6. The summed E-state index contributed by atoms with van der Waals surface area (Å²) in [5, 5.41) is 0. The van der Waals surface area contributed by atoms with Crippen molar-refractivity contribution >= 4 is 11.5 Å². The van der Waals surface area contributed by atoms with Gasteiger partial charge in [-0.2, -0.15) is 13.2 Å². The zero-order chi connectivity index (χ0) is 26.3. The van der Waals surface area contributed by atoms with Crippen LogP contribution in [0.1, 0.15) is 36.6 Å². The second-order valence-corrected chi connectivity index (χ2v) is 9.74. The molecule has 0 saturated heterocycles. The molecule has 0 N–H and O–H groups in total. The van der Waals surface area contributed by atoms with Crippen molar-refractivity contribution in [2.45, 2.75) is 32.5 Å². The number of aromatic nitrogens is 4. The summed E-state index contributed by atoms with van der Waals surface area (Å²) in [7, 11) is 3.61. The number of aryl methyl sites for hydroxylation is 1. The maximum atomic E-state index is 13.1. The smallest absolute Gasteiger partial charge is 0.369 e. The molecule has 2 aromatic carbocycles. The van der Waals surface area contributed by atoms with E-state index < -0.39 is 11.9 Å². The van der Waals surface area contributed by atoms with Crippen LogP contribution in [0.2, 0.25) is 0 Å². The van der Waals surface area contributed by atoms with Crippen molar-refractivity contribution in [3.63, 3.8) is 0 Å². The molecule has 0 atom stereocenters. The summed E-state index contributed by atoms with van der Waals surface area (Å²) in [6.45, 7) is 6.58. The van der Waals surface area contributed by atoms with Gasteiger partial charge in [0, 0.05) is 51.1 Å². The molecule has 0 spiro atoms. The number of anilines is 2. The minimum absolute atomic E-state index is 0.282. The molecule has 0 radical (unpaired) electrons. The van der Waals surface area contributed by atoms with E-state index in [9.17, 15) is 13.2 Å². The zero-order valence-corrected chi connectivity index (χ0v) is 21.3. The molecule has 2 aromatic heterocycles. The van der Waals surface area contributed by atoms with Gasteiger partial charge in [0.2, 0.25) is 0 Å². The molecule has 1 aliphatic rings. The number of likely N-dealkylation sites (N-methyl/N-ethyl adjacent to an activating group) is 1. The topological polar surface area (TPSA) is 50.1 Å². The Hall–Kier alpha value is -3.88. The molecule has 0 bridgehead atoms. The molecule has 3 heterocycles. The van der Waals surface area contributed by atoms with Crippen LogP contribution in [-0.2, 0) is 19.8 Å². The Morgan fingerprint density at radius 2 is 1.68 bits per heavy atom. The van der Waals surface area contributed by atoms with Gasteiger partial charge in [0.15, 0.2) is 17.3 Å². The Labute approximate surface area is 214 Å². The van der Waals surface area contributed by atoms with E-state index in [0.717, 1.165) is 41.9 Å². The third-order valence-electron chi connectivity index (χ3n) is 6.74. The normalized spacial score (nSPS) is 13.8. The first-order valence-corrected chi connectivity index (χ1v) is 12.2. The average molecular weight is 507 g/mol. The summed E-state index contributed by atoms with van der Waals surface area (Å²) in [6.07, 6.45) is -1.57. The first-order chi connectivity index (χ1) is 17.6. The number of imidazole rings is 1. The molecule has 6 nitrogen and oxygen atoms in total. The standard InChI is InChI=1S/C28H29F3N6/c1-18(2)21-7-5-6-8-22(21)25-32-15-23-27(34-25)37(14-13-35(23)3)16-19-9-11-20(12-10-19)26-33-24(17-36(26)4)28(29,30)31/h5-12,15,17-18H,13-14,16H2,1-4H3. The number of hydrogen-bond acceptors (Lipinski definition) is 5. The Kier molecular flexibility index (Phi) is 6.39. The molecule has 0 unspecified atom stereocenters. The summed E-state index contributed by atoms with van der Waals surface area (Å²) >= 11 is 0. The monoisotopic (exact) mass is 506 g/mol. The van der Waals surface area contributed by atoms with Crippen molar-refractivity contribution in [1.29, 1.82) is 0 Å². The third kappa shape index (κ3) is 4.90. The summed E-state index contributed by atoms with van der Waals surface area (Å²) in [5.41, 5.74) is 3.99. The summed E-state index contributed by atoms with van der Waals surface area (Å²) in [6, 6.07) is 15.7. The SMILES string of the molecule is CC(C)c1ccccc1-c1ncc2c(n1)N(Cc1ccc(-c3nc(C(F)(F)F)cn3C)cc1)CCN2C. The van der Waals surface area contributed by atoms with Crippen LogP contribution in [0.25, 0.3) is 22.8 Å². The fraction of sp³-hybridized carbons (Fsp3) is 0.321. The number of nitrogens with zero attached hydrogens (tertiary/aromatic N) is 6. The Balaban J connectivity index is 1.43. The van der Waals surface area contributed by atoms with E-state index >= 15 is 0 Å². The first-order valence-electron chi connectivity index (χ1n) is 12.2. The van der Waals surface area contributed by atoms with Crippen molar-refractivity contribution in [3.8, 4) is 22.8 Å². The number of fused-ring (bicyclic) bond motifs is 1. The number of hydrogen-bond donors (Lipinski definition) is 0. The van der Waals surface area contributed by atoms with E-state index in [4.69, 9.17) is 9.97 Å². The molecule has 9 heteroatoms. The van der Waals surface area contributed by atoms with Gasteiger partial charge in [-0.3, -0.25) is 0 Å². The average Bonchev–Trinajstić information content (AvgIpc) is 3.28. The highest BCUT2D eigenvalue weighted by Crippen LogP contribution is 2.35. The Morgan fingerprint density at radius 3 is 2.35 bits per heavy atom. The highest BCUT2D eigenvalue weighted by Gasteiger charge is 2.34. The van der Waals surface area contributed by atoms with E-state index in [1.807, 2.05) is 49.6 Å². The predicted molar refractivity (Wildman–Crippen MR) is 140 cm³/mol. The van der Waals surface area contributed by atoms with Crippen LogP contribution in [-0.4, -0.2) is 39.7 Å². The lowest BCUT2D eigenvalue weighted by Crippen LogP contribution is -2.39. The molecule has 37 heavy (non-hydrogen) atoms. The highest BCUT2D eigenvalue weighted by atomic mass is 19.4. The molecule has 1 aliphatic heterocycles. The number of halogens is 3. The van der Waals surface area contributed by atoms with Gasteiger partial charge in [0.1, 0.15) is 5.82 Å². The van der Waals surface area contributed by atoms with E-state index in [1.54, 1.807) is 7.05 Å². The fourth-order valence-electron chi connectivity index (χ4n) is 4.70. The van der Waals surface area contributed by atoms with Crippen molar-refractivity contribution in [2.24, 2.45) is 7.05 Å². The van der Waals surface area contributed by atoms with Crippen LogP contribution in [0.3, 0.4) is 0 Å². The second-order valence-electron chi connectivity index (χ2n) is 9.74. The van der Waals surface area contributed by atoms with Gasteiger partial charge in [-0.05, 0) is 17.0 Å². The van der Waals surface area contributed by atoms with Gasteiger partial charge in [-0.15, -0.1) is 0 Å². The molecule has 0 fully saturated rings. The summed E-state index contributed by atoms with van der Waals surface area (Å²) in [4.78, 5) is 17.9. The molecule has 192 valence electrons. The second kappa shape index (κ2) is 9.53. The van der Waals surface area contributed by atoms with Crippen LogP contribution in [0.5, 0.6) is 0 Å². The molecular weight excluding hydrogens is 477 g/mol. The highest BCUT2D eigenvalue weighted by molar-refractivity contribution is 5.72. The molecular formula is C28H29F3N6. The van der Waals surface area contributed by atoms with Crippen molar-refractivity contribution in [2.75, 3.05) is 29.9 Å². The van der Waals surface area contributed by atoms with E-state index in [1.165, 1.54) is 10.1 Å². The maximum Gasteiger partial charge on any atom is 0.434 e. The lowest BCUT2D eigenvalue weighted by Gasteiger charge is -2.36. The fourth-order valence-corrected chi connectivity index (χ4v) is 4.70. The lowest BCUT2D eigenvalue weighted by atomic mass is 9.97. The lowest BCUT2D eigenvalue weighted by molar-refractivity contribution is -0.140. The minimum atomic E-state index is -4.47. The van der Waals surface area contributed by atoms with Gasteiger partial charge in [-0.25, -0.2) is 15.0 Å². The number of benzene rings is 2. The quantitative estimate of drug-likeness (QED) is 0.325. The largest absolute Gasteiger partial charge is 0.434 e. The molecule has 0 saturated carbocycles. The molecule has 0 aliphatic carbocycles. The Morgan fingerprint density at radius 1 is 0.946 bits per heavy atom. The zero-order valence-electron chi connectivity index (χ0n) is 21.3. The number of alkyl halides is 3. The van der Waals surface area contributed by atoms with Crippen molar-refractivity contribution in [3.05, 3.63) is 77.7 Å². The van der Waals surface area contributed by atoms with E-state index in [0.29, 0.717) is 23.9 Å². The van der Waals surface area contributed by atoms with Gasteiger partial charge >= 0.3 is 6.18 Å². The maximum absolute atomic E-state index is 13.1. The van der Waals surface area contributed by atoms with E-state index in [2.05, 4.69) is 40.8 Å². The Bertz CT molecular complexity index is 1410. The third-order valence-corrected chi connectivity index (χ3v) is 6.74. The van der Waals surface area contributed by atoms with Gasteiger partial charge in [0.05, 0.1) is 11.9 Å². The van der Waals surface area contributed by atoms with Crippen molar-refractivity contribution in [1.82, 2.24) is 19.5 Å². The number of rotatable bonds is 5. The minimum Gasteiger partial charge on any atom is -0.369 e. The molecule has 0 amide bonds.